The molecule has 4 rings (SSSR count). The van der Waals surface area contributed by atoms with Gasteiger partial charge in [0.05, 0.1) is 6.54 Å². The van der Waals surface area contributed by atoms with E-state index in [1.165, 1.54) is 0 Å². The van der Waals surface area contributed by atoms with Crippen LogP contribution in [0.5, 0.6) is 0 Å². The largest absolute Gasteiger partial charge is 0.326 e. The van der Waals surface area contributed by atoms with Gasteiger partial charge in [-0.2, -0.15) is 0 Å². The molecule has 0 saturated carbocycles. The lowest BCUT2D eigenvalue weighted by Crippen LogP contribution is -2.41. The van der Waals surface area contributed by atoms with E-state index in [0.717, 1.165) is 34.9 Å². The predicted octanol–water partition coefficient (Wildman–Crippen LogP) is 5.01. The van der Waals surface area contributed by atoms with Crippen molar-refractivity contribution >= 4 is 40.1 Å². The number of nitrogens with zero attached hydrogens (tertiary/aromatic N) is 1. The molecular formula is C28H29N3O4. The molecule has 1 aliphatic heterocycles. The normalized spacial score (nSPS) is 17.5. The maximum absolute atomic E-state index is 13.3. The number of carbonyl (C=O) groups excluding carboxylic acids is 4. The minimum atomic E-state index is -1.26. The summed E-state index contributed by atoms with van der Waals surface area (Å²) in [5.74, 6) is -0.899. The lowest BCUT2D eigenvalue weighted by molar-refractivity contribution is -0.130. The van der Waals surface area contributed by atoms with E-state index < -0.39 is 17.5 Å². The molecular weight excluding hydrogens is 442 g/mol. The van der Waals surface area contributed by atoms with E-state index in [1.54, 1.807) is 31.2 Å². The Bertz CT molecular complexity index is 1280. The number of hydrogen-bond acceptors (Lipinski definition) is 4. The van der Waals surface area contributed by atoms with Gasteiger partial charge in [-0.1, -0.05) is 56.2 Å². The molecule has 0 unspecified atom stereocenters. The number of unbranched alkanes of at least 4 members (excludes halogenated alkanes) is 2. The SMILES string of the molecule is CCCCCC(=O)Nc1ccc(C(=O)CN2C(=O)N[C@@](C)(c3ccc4ccccc4c3)C2=O)cc1. The molecule has 0 bridgehead atoms. The van der Waals surface area contributed by atoms with Gasteiger partial charge in [-0.3, -0.25) is 19.3 Å². The van der Waals surface area contributed by atoms with Crippen molar-refractivity contribution in [3.05, 3.63) is 77.9 Å². The summed E-state index contributed by atoms with van der Waals surface area (Å²) >= 11 is 0. The Morgan fingerprint density at radius 2 is 1.66 bits per heavy atom. The number of fused-ring (bicyclic) bond motifs is 1. The maximum atomic E-state index is 13.3. The van der Waals surface area contributed by atoms with Crippen molar-refractivity contribution < 1.29 is 19.2 Å². The highest BCUT2D eigenvalue weighted by Gasteiger charge is 2.49. The summed E-state index contributed by atoms with van der Waals surface area (Å²) in [4.78, 5) is 51.8. The number of carbonyl (C=O) groups is 4. The number of amides is 4. The molecule has 1 atom stereocenters. The zero-order valence-corrected chi connectivity index (χ0v) is 20.0. The first-order valence-corrected chi connectivity index (χ1v) is 11.9. The third kappa shape index (κ3) is 5.09. The third-order valence-corrected chi connectivity index (χ3v) is 6.40. The van der Waals surface area contributed by atoms with E-state index in [4.69, 9.17) is 0 Å². The van der Waals surface area contributed by atoms with Crippen LogP contribution >= 0.6 is 0 Å². The zero-order chi connectivity index (χ0) is 25.0. The van der Waals surface area contributed by atoms with Gasteiger partial charge in [0.15, 0.2) is 5.78 Å². The Morgan fingerprint density at radius 1 is 0.943 bits per heavy atom. The Hall–Kier alpha value is -4.00. The van der Waals surface area contributed by atoms with Crippen LogP contribution in [0.4, 0.5) is 10.5 Å². The summed E-state index contributed by atoms with van der Waals surface area (Å²) < 4.78 is 0. The minimum absolute atomic E-state index is 0.0650. The number of hydrogen-bond donors (Lipinski definition) is 2. The van der Waals surface area contributed by atoms with Gasteiger partial charge in [0.1, 0.15) is 5.54 Å². The van der Waals surface area contributed by atoms with Crippen LogP contribution in [0.2, 0.25) is 0 Å². The number of benzene rings is 3. The van der Waals surface area contributed by atoms with Crippen LogP contribution in [0.15, 0.2) is 66.7 Å². The number of imide groups is 1. The first-order valence-electron chi connectivity index (χ1n) is 11.9. The molecule has 1 fully saturated rings. The highest BCUT2D eigenvalue weighted by Crippen LogP contribution is 2.31. The van der Waals surface area contributed by atoms with Gasteiger partial charge in [0.25, 0.3) is 5.91 Å². The molecule has 180 valence electrons. The first-order chi connectivity index (χ1) is 16.8. The highest BCUT2D eigenvalue weighted by atomic mass is 16.2. The van der Waals surface area contributed by atoms with Crippen LogP contribution < -0.4 is 10.6 Å². The Labute approximate surface area is 204 Å². The van der Waals surface area contributed by atoms with Gasteiger partial charge in [-0.25, -0.2) is 4.79 Å². The first kappa shape index (κ1) is 24.1. The summed E-state index contributed by atoms with van der Waals surface area (Å²) in [6.07, 6.45) is 3.34. The molecule has 35 heavy (non-hydrogen) atoms. The van der Waals surface area contributed by atoms with Gasteiger partial charge in [-0.05, 0) is 60.0 Å². The van der Waals surface area contributed by atoms with Crippen molar-refractivity contribution in [1.29, 1.82) is 0 Å². The number of urea groups is 1. The van der Waals surface area contributed by atoms with Gasteiger partial charge in [0, 0.05) is 17.7 Å². The van der Waals surface area contributed by atoms with Crippen molar-refractivity contribution in [2.24, 2.45) is 0 Å². The molecule has 3 aromatic rings. The summed E-state index contributed by atoms with van der Waals surface area (Å²) in [6, 6.07) is 19.3. The fraction of sp³-hybridized carbons (Fsp3) is 0.286. The van der Waals surface area contributed by atoms with Crippen molar-refractivity contribution in [2.45, 2.75) is 45.1 Å². The van der Waals surface area contributed by atoms with Crippen LogP contribution in [0.1, 0.15) is 55.5 Å². The molecule has 7 heteroatoms. The monoisotopic (exact) mass is 471 g/mol. The quantitative estimate of drug-likeness (QED) is 0.261. The molecule has 0 spiro atoms. The molecule has 2 N–H and O–H groups in total. The lowest BCUT2D eigenvalue weighted by Gasteiger charge is -2.22. The molecule has 4 amide bonds. The summed E-state index contributed by atoms with van der Waals surface area (Å²) in [6.45, 7) is 3.37. The molecule has 1 aliphatic rings. The zero-order valence-electron chi connectivity index (χ0n) is 20.0. The number of anilines is 1. The van der Waals surface area contributed by atoms with E-state index in [2.05, 4.69) is 17.6 Å². The summed E-state index contributed by atoms with van der Waals surface area (Å²) in [7, 11) is 0. The van der Waals surface area contributed by atoms with E-state index in [1.807, 2.05) is 42.5 Å². The van der Waals surface area contributed by atoms with Crippen LogP contribution in [0, 0.1) is 0 Å². The van der Waals surface area contributed by atoms with Gasteiger partial charge in [0.2, 0.25) is 5.91 Å². The average molecular weight is 472 g/mol. The number of nitrogens with one attached hydrogen (secondary N) is 2. The maximum Gasteiger partial charge on any atom is 0.325 e. The topological polar surface area (TPSA) is 95.6 Å². The second-order valence-corrected chi connectivity index (χ2v) is 9.01. The summed E-state index contributed by atoms with van der Waals surface area (Å²) in [5.41, 5.74) is 0.354. The van der Waals surface area contributed by atoms with Crippen molar-refractivity contribution in [2.75, 3.05) is 11.9 Å². The second-order valence-electron chi connectivity index (χ2n) is 9.01. The van der Waals surface area contributed by atoms with E-state index in [0.29, 0.717) is 23.2 Å². The Balaban J connectivity index is 1.43. The summed E-state index contributed by atoms with van der Waals surface area (Å²) in [5, 5.41) is 7.56. The lowest BCUT2D eigenvalue weighted by atomic mass is 9.90. The number of rotatable bonds is 9. The molecule has 3 aromatic carbocycles. The van der Waals surface area contributed by atoms with Crippen LogP contribution in [-0.2, 0) is 15.1 Å². The van der Waals surface area contributed by atoms with Gasteiger partial charge < -0.3 is 10.6 Å². The Morgan fingerprint density at radius 3 is 2.37 bits per heavy atom. The molecule has 0 radical (unpaired) electrons. The van der Waals surface area contributed by atoms with Crippen LogP contribution in [0.25, 0.3) is 10.8 Å². The van der Waals surface area contributed by atoms with Crippen LogP contribution in [-0.4, -0.2) is 35.1 Å². The van der Waals surface area contributed by atoms with E-state index in [9.17, 15) is 19.2 Å². The van der Waals surface area contributed by atoms with Crippen LogP contribution in [0.3, 0.4) is 0 Å². The second kappa shape index (κ2) is 10.1. The fourth-order valence-electron chi connectivity index (χ4n) is 4.27. The third-order valence-electron chi connectivity index (χ3n) is 6.40. The highest BCUT2D eigenvalue weighted by molar-refractivity contribution is 6.11. The van der Waals surface area contributed by atoms with Gasteiger partial charge >= 0.3 is 6.03 Å². The number of Topliss-reactive ketones (excluding diaryl/α,β-unsaturated/α-hetero) is 1. The number of ketones is 1. The van der Waals surface area contributed by atoms with Crippen molar-refractivity contribution in [3.8, 4) is 0 Å². The van der Waals surface area contributed by atoms with Crippen molar-refractivity contribution in [3.63, 3.8) is 0 Å². The van der Waals surface area contributed by atoms with E-state index >= 15 is 0 Å². The molecule has 0 aliphatic carbocycles. The average Bonchev–Trinajstić information content (AvgIpc) is 3.08. The smallest absolute Gasteiger partial charge is 0.325 e. The fourth-order valence-corrected chi connectivity index (χ4v) is 4.27. The van der Waals surface area contributed by atoms with Gasteiger partial charge in [-0.15, -0.1) is 0 Å². The van der Waals surface area contributed by atoms with E-state index in [-0.39, 0.29) is 18.2 Å². The standard InChI is InChI=1S/C28H29N3O4/c1-3-4-5-10-25(33)29-23-15-12-20(13-16-23)24(32)18-31-26(34)28(2,30-27(31)35)22-14-11-19-8-6-7-9-21(19)17-22/h6-9,11-17H,3-5,10,18H2,1-2H3,(H,29,33)(H,30,35)/t28-/m0/s1. The predicted molar refractivity (Wildman–Crippen MR) is 135 cm³/mol. The molecule has 0 aromatic heterocycles. The van der Waals surface area contributed by atoms with Crippen molar-refractivity contribution in [1.82, 2.24) is 10.2 Å². The minimum Gasteiger partial charge on any atom is -0.326 e. The molecule has 1 heterocycles. The Kier molecular flexibility index (Phi) is 6.96. The molecule has 1 saturated heterocycles. The molecule has 7 nitrogen and oxygen atoms in total.